The first-order chi connectivity index (χ1) is 17.1. The molecule has 0 spiro atoms. The van der Waals surface area contributed by atoms with E-state index in [1.54, 1.807) is 12.1 Å². The van der Waals surface area contributed by atoms with Gasteiger partial charge < -0.3 is 4.74 Å². The Hall–Kier alpha value is -1.75. The third-order valence-corrected chi connectivity index (χ3v) is 10.4. The average molecular weight is 543 g/mol. The highest BCUT2D eigenvalue weighted by molar-refractivity contribution is 7.89. The standard InChI is InChI=1S/C20H31FN2O5S2.C6H8/c1-3-5-19-6-4-11-23(30(19,26)27)15-16-7-8-18(14-20(16)21)28-17-9-12-22(13-10-17)29(2,24)25;1-2-4-6-5-3-1/h7-8,14,17,19H,3-6,9-13,15H2,1-2H3;1-4H,5-6H2. The molecular formula is C26H39FN2O5S2. The number of rotatable bonds is 7. The summed E-state index contributed by atoms with van der Waals surface area (Å²) in [7, 11) is -6.61. The van der Waals surface area contributed by atoms with Crippen LogP contribution >= 0.6 is 0 Å². The molecule has 1 aromatic rings. The predicted molar refractivity (Wildman–Crippen MR) is 141 cm³/mol. The topological polar surface area (TPSA) is 84.0 Å². The van der Waals surface area contributed by atoms with Gasteiger partial charge in [-0.15, -0.1) is 0 Å². The predicted octanol–water partition coefficient (Wildman–Crippen LogP) is 4.62. The lowest BCUT2D eigenvalue weighted by Gasteiger charge is -2.32. The zero-order valence-electron chi connectivity index (χ0n) is 21.3. The van der Waals surface area contributed by atoms with E-state index in [4.69, 9.17) is 4.74 Å². The molecule has 36 heavy (non-hydrogen) atoms. The summed E-state index contributed by atoms with van der Waals surface area (Å²) in [5.41, 5.74) is 0.329. The summed E-state index contributed by atoms with van der Waals surface area (Å²) in [5.74, 6) is -0.117. The Morgan fingerprint density at radius 2 is 1.72 bits per heavy atom. The first kappa shape index (κ1) is 28.8. The molecule has 0 aromatic heterocycles. The number of hydrogen-bond acceptors (Lipinski definition) is 5. The van der Waals surface area contributed by atoms with Crippen molar-refractivity contribution in [2.75, 3.05) is 25.9 Å². The Morgan fingerprint density at radius 1 is 1.06 bits per heavy atom. The van der Waals surface area contributed by atoms with Gasteiger partial charge in [0, 0.05) is 37.8 Å². The third-order valence-electron chi connectivity index (χ3n) is 6.75. The normalized spacial score (nSPS) is 23.1. The molecule has 0 amide bonds. The van der Waals surface area contributed by atoms with Crippen LogP contribution in [0.5, 0.6) is 5.75 Å². The smallest absolute Gasteiger partial charge is 0.217 e. The average Bonchev–Trinajstić information content (AvgIpc) is 2.84. The summed E-state index contributed by atoms with van der Waals surface area (Å²) in [6.45, 7) is 3.18. The zero-order valence-corrected chi connectivity index (χ0v) is 22.9. The highest BCUT2D eigenvalue weighted by atomic mass is 32.2. The van der Waals surface area contributed by atoms with Crippen LogP contribution in [0.25, 0.3) is 0 Å². The van der Waals surface area contributed by atoms with Gasteiger partial charge in [0.1, 0.15) is 17.7 Å². The third kappa shape index (κ3) is 8.13. The van der Waals surface area contributed by atoms with Crippen LogP contribution in [0.15, 0.2) is 42.5 Å². The summed E-state index contributed by atoms with van der Waals surface area (Å²) in [4.78, 5) is 0. The van der Waals surface area contributed by atoms with Crippen LogP contribution in [-0.4, -0.2) is 62.7 Å². The van der Waals surface area contributed by atoms with Gasteiger partial charge >= 0.3 is 0 Å². The number of halogens is 1. The van der Waals surface area contributed by atoms with E-state index >= 15 is 0 Å². The van der Waals surface area contributed by atoms with Crippen LogP contribution in [0.4, 0.5) is 4.39 Å². The van der Waals surface area contributed by atoms with Crippen LogP contribution in [0, 0.1) is 5.82 Å². The monoisotopic (exact) mass is 542 g/mol. The number of benzene rings is 1. The Balaban J connectivity index is 0.000000526. The van der Waals surface area contributed by atoms with Crippen molar-refractivity contribution in [3.05, 3.63) is 53.9 Å². The molecule has 0 bridgehead atoms. The van der Waals surface area contributed by atoms with Crippen molar-refractivity contribution < 1.29 is 26.0 Å². The molecule has 202 valence electrons. The number of piperidine rings is 1. The quantitative estimate of drug-likeness (QED) is 0.502. The van der Waals surface area contributed by atoms with Gasteiger partial charge in [-0.05, 0) is 51.0 Å². The maximum absolute atomic E-state index is 14.7. The van der Waals surface area contributed by atoms with E-state index in [1.807, 2.05) is 6.92 Å². The number of hydrogen-bond donors (Lipinski definition) is 0. The SMILES string of the molecule is C1=CCCC=C1.CCCC1CCCN(Cc2ccc(OC3CCN(S(C)(=O)=O)CC3)cc2F)S1(=O)=O. The molecule has 4 rings (SSSR count). The first-order valence-corrected chi connectivity index (χ1v) is 16.2. The Labute approximate surface area is 216 Å². The summed E-state index contributed by atoms with van der Waals surface area (Å²) < 4.78 is 72.1. The van der Waals surface area contributed by atoms with E-state index in [9.17, 15) is 21.2 Å². The number of ether oxygens (including phenoxy) is 1. The van der Waals surface area contributed by atoms with Crippen LogP contribution in [-0.2, 0) is 26.6 Å². The van der Waals surface area contributed by atoms with Gasteiger partial charge in [-0.3, -0.25) is 0 Å². The molecule has 1 aliphatic carbocycles. The van der Waals surface area contributed by atoms with Gasteiger partial charge in [-0.25, -0.2) is 25.5 Å². The van der Waals surface area contributed by atoms with Crippen molar-refractivity contribution in [3.63, 3.8) is 0 Å². The van der Waals surface area contributed by atoms with Crippen molar-refractivity contribution >= 4 is 20.0 Å². The molecule has 1 aromatic carbocycles. The van der Waals surface area contributed by atoms with E-state index in [-0.39, 0.29) is 17.9 Å². The fourth-order valence-electron chi connectivity index (χ4n) is 4.70. The van der Waals surface area contributed by atoms with Crippen molar-refractivity contribution in [3.8, 4) is 5.75 Å². The number of allylic oxidation sites excluding steroid dienone is 4. The van der Waals surface area contributed by atoms with Crippen molar-refractivity contribution in [2.45, 2.75) is 76.2 Å². The molecule has 2 heterocycles. The van der Waals surface area contributed by atoms with Gasteiger partial charge in [0.2, 0.25) is 20.0 Å². The van der Waals surface area contributed by atoms with E-state index in [2.05, 4.69) is 24.3 Å². The lowest BCUT2D eigenvalue weighted by molar-refractivity contribution is 0.135. The number of sulfonamides is 2. The van der Waals surface area contributed by atoms with Gasteiger partial charge in [0.25, 0.3) is 0 Å². The Bertz CT molecular complexity index is 1110. The summed E-state index contributed by atoms with van der Waals surface area (Å²) in [6.07, 6.45) is 16.0. The molecule has 0 saturated carbocycles. The summed E-state index contributed by atoms with van der Waals surface area (Å²) in [6, 6.07) is 4.52. The van der Waals surface area contributed by atoms with Crippen LogP contribution in [0.2, 0.25) is 0 Å². The highest BCUT2D eigenvalue weighted by Crippen LogP contribution is 2.28. The zero-order chi connectivity index (χ0) is 26.2. The summed E-state index contributed by atoms with van der Waals surface area (Å²) >= 11 is 0. The van der Waals surface area contributed by atoms with Crippen LogP contribution in [0.1, 0.15) is 63.9 Å². The Kier molecular flexibility index (Phi) is 10.5. The van der Waals surface area contributed by atoms with Crippen molar-refractivity contribution in [2.24, 2.45) is 0 Å². The van der Waals surface area contributed by atoms with Gasteiger partial charge in [0.15, 0.2) is 0 Å². The molecule has 1 atom stereocenters. The second-order valence-electron chi connectivity index (χ2n) is 9.60. The Morgan fingerprint density at radius 3 is 2.25 bits per heavy atom. The minimum absolute atomic E-state index is 0.0292. The molecule has 0 N–H and O–H groups in total. The minimum atomic E-state index is -3.41. The van der Waals surface area contributed by atoms with Gasteiger partial charge in [0.05, 0.1) is 11.5 Å². The van der Waals surface area contributed by atoms with Gasteiger partial charge in [-0.1, -0.05) is 43.7 Å². The highest BCUT2D eigenvalue weighted by Gasteiger charge is 2.35. The molecule has 2 fully saturated rings. The van der Waals surface area contributed by atoms with E-state index in [0.29, 0.717) is 56.6 Å². The molecule has 0 radical (unpaired) electrons. The molecule has 7 nitrogen and oxygen atoms in total. The lowest BCUT2D eigenvalue weighted by Crippen LogP contribution is -2.43. The molecular weight excluding hydrogens is 503 g/mol. The number of nitrogens with zero attached hydrogens (tertiary/aromatic N) is 2. The summed E-state index contributed by atoms with van der Waals surface area (Å²) in [5, 5.41) is -0.375. The van der Waals surface area contributed by atoms with Crippen molar-refractivity contribution in [1.82, 2.24) is 8.61 Å². The maximum atomic E-state index is 14.7. The first-order valence-electron chi connectivity index (χ1n) is 12.8. The second kappa shape index (κ2) is 13.2. The maximum Gasteiger partial charge on any atom is 0.217 e. The van der Waals surface area contributed by atoms with Crippen LogP contribution in [0.3, 0.4) is 0 Å². The molecule has 1 unspecified atom stereocenters. The molecule has 3 aliphatic rings. The molecule has 2 aliphatic heterocycles. The second-order valence-corrected chi connectivity index (χ2v) is 13.8. The molecule has 10 heteroatoms. The minimum Gasteiger partial charge on any atom is -0.490 e. The fourth-order valence-corrected chi connectivity index (χ4v) is 7.70. The lowest BCUT2D eigenvalue weighted by atomic mass is 10.1. The fraction of sp³-hybridized carbons (Fsp3) is 0.615. The van der Waals surface area contributed by atoms with E-state index in [0.717, 1.165) is 12.8 Å². The van der Waals surface area contributed by atoms with Crippen LogP contribution < -0.4 is 4.74 Å². The van der Waals surface area contributed by atoms with Gasteiger partial charge in [-0.2, -0.15) is 4.31 Å². The largest absolute Gasteiger partial charge is 0.490 e. The molecule has 2 saturated heterocycles. The van der Waals surface area contributed by atoms with E-state index in [1.165, 1.54) is 33.8 Å². The van der Waals surface area contributed by atoms with Crippen molar-refractivity contribution in [1.29, 1.82) is 0 Å². The van der Waals surface area contributed by atoms with E-state index < -0.39 is 25.9 Å².